The van der Waals surface area contributed by atoms with E-state index in [1.165, 1.54) is 43.9 Å². The lowest BCUT2D eigenvalue weighted by molar-refractivity contribution is 0.0693. The Morgan fingerprint density at radius 3 is 2.70 bits per heavy atom. The van der Waals surface area contributed by atoms with Crippen LogP contribution in [0.2, 0.25) is 0 Å². The number of anilines is 1. The van der Waals surface area contributed by atoms with Gasteiger partial charge in [0.15, 0.2) is 0 Å². The number of carbonyl (C=O) groups is 2. The predicted octanol–water partition coefficient (Wildman–Crippen LogP) is 3.95. The van der Waals surface area contributed by atoms with Crippen molar-refractivity contribution in [2.45, 2.75) is 32.6 Å². The zero-order chi connectivity index (χ0) is 17.1. The predicted molar refractivity (Wildman–Crippen MR) is 91.5 cm³/mol. The molecule has 128 valence electrons. The monoisotopic (exact) mass is 341 g/mol. The summed E-state index contributed by atoms with van der Waals surface area (Å²) < 4.78 is 5.02. The zero-order valence-corrected chi connectivity index (χ0v) is 14.0. The Bertz CT molecular complexity index is 521. The van der Waals surface area contributed by atoms with Gasteiger partial charge in [-0.15, -0.1) is 0 Å². The smallest absolute Gasteiger partial charge is 0.411 e. The number of nitrogens with one attached hydrogen (secondary N) is 1. The van der Waals surface area contributed by atoms with E-state index in [1.54, 1.807) is 11.8 Å². The van der Waals surface area contributed by atoms with Crippen molar-refractivity contribution >= 4 is 29.5 Å². The lowest BCUT2D eigenvalue weighted by Crippen LogP contribution is -2.15. The number of hydrogen-bond acceptors (Lipinski definition) is 5. The fourth-order valence-electron chi connectivity index (χ4n) is 1.87. The second-order valence-electron chi connectivity index (χ2n) is 4.97. The van der Waals surface area contributed by atoms with Gasteiger partial charge in [-0.05, 0) is 30.4 Å². The molecule has 0 saturated heterocycles. The number of phenols is 1. The number of aromatic hydroxyl groups is 1. The summed E-state index contributed by atoms with van der Waals surface area (Å²) >= 11 is 1.74. The molecule has 0 spiro atoms. The third-order valence-electron chi connectivity index (χ3n) is 3.08. The summed E-state index contributed by atoms with van der Waals surface area (Å²) in [5.74, 6) is 0.176. The summed E-state index contributed by atoms with van der Waals surface area (Å²) in [6.45, 7) is 2.47. The van der Waals surface area contributed by atoms with Crippen molar-refractivity contribution in [1.82, 2.24) is 0 Å². The first kappa shape index (κ1) is 19.2. The van der Waals surface area contributed by atoms with Crippen LogP contribution >= 0.6 is 11.8 Å². The lowest BCUT2D eigenvalue weighted by atomic mass is 10.2. The van der Waals surface area contributed by atoms with Crippen LogP contribution in [0, 0.1) is 0 Å². The van der Waals surface area contributed by atoms with Crippen molar-refractivity contribution in [2.24, 2.45) is 0 Å². The van der Waals surface area contributed by atoms with Crippen LogP contribution in [0.5, 0.6) is 5.75 Å². The number of amides is 1. The van der Waals surface area contributed by atoms with Crippen molar-refractivity contribution in [1.29, 1.82) is 0 Å². The third kappa shape index (κ3) is 7.78. The van der Waals surface area contributed by atoms with E-state index < -0.39 is 12.1 Å². The second kappa shape index (κ2) is 10.8. The molecule has 0 fully saturated rings. The van der Waals surface area contributed by atoms with Crippen LogP contribution in [0.4, 0.5) is 10.5 Å². The second-order valence-corrected chi connectivity index (χ2v) is 6.20. The Labute approximate surface area is 140 Å². The number of rotatable bonds is 10. The molecule has 0 aromatic heterocycles. The zero-order valence-electron chi connectivity index (χ0n) is 13.2. The SMILES string of the molecule is CCCCCCSCCOC(=O)Nc1ccc(O)c(C(=O)O)c1. The van der Waals surface area contributed by atoms with E-state index in [-0.39, 0.29) is 17.0 Å². The molecule has 1 rings (SSSR count). The van der Waals surface area contributed by atoms with E-state index in [1.807, 2.05) is 0 Å². The standard InChI is InChI=1S/C16H23NO5S/c1-2-3-4-5-9-23-10-8-22-16(21)17-12-6-7-14(18)13(11-12)15(19)20/h6-7,11,18H,2-5,8-10H2,1H3,(H,17,21)(H,19,20). The van der Waals surface area contributed by atoms with Gasteiger partial charge < -0.3 is 14.9 Å². The molecule has 0 aliphatic carbocycles. The maximum absolute atomic E-state index is 11.6. The van der Waals surface area contributed by atoms with Gasteiger partial charge in [0.2, 0.25) is 0 Å². The van der Waals surface area contributed by atoms with Crippen molar-refractivity contribution in [3.63, 3.8) is 0 Å². The molecule has 0 aliphatic heterocycles. The molecule has 0 radical (unpaired) electrons. The molecule has 1 amide bonds. The van der Waals surface area contributed by atoms with Crippen molar-refractivity contribution in [3.8, 4) is 5.75 Å². The number of aromatic carboxylic acids is 1. The molecule has 3 N–H and O–H groups in total. The van der Waals surface area contributed by atoms with Crippen molar-refractivity contribution < 1.29 is 24.5 Å². The lowest BCUT2D eigenvalue weighted by Gasteiger charge is -2.08. The fraction of sp³-hybridized carbons (Fsp3) is 0.500. The summed E-state index contributed by atoms with van der Waals surface area (Å²) in [4.78, 5) is 22.5. The average molecular weight is 341 g/mol. The molecule has 0 atom stereocenters. The van der Waals surface area contributed by atoms with Gasteiger partial charge in [0, 0.05) is 11.4 Å². The van der Waals surface area contributed by atoms with Gasteiger partial charge in [-0.25, -0.2) is 9.59 Å². The van der Waals surface area contributed by atoms with Crippen LogP contribution in [-0.2, 0) is 4.74 Å². The maximum Gasteiger partial charge on any atom is 0.411 e. The topological polar surface area (TPSA) is 95.9 Å². The minimum Gasteiger partial charge on any atom is -0.507 e. The molecule has 0 aliphatic rings. The van der Waals surface area contributed by atoms with Crippen LogP contribution in [0.25, 0.3) is 0 Å². The molecule has 1 aromatic carbocycles. The first-order chi connectivity index (χ1) is 11.0. The average Bonchev–Trinajstić information content (AvgIpc) is 2.51. The molecule has 0 heterocycles. The number of carboxylic acids is 1. The number of carbonyl (C=O) groups excluding carboxylic acids is 1. The van der Waals surface area contributed by atoms with Gasteiger partial charge in [-0.2, -0.15) is 11.8 Å². The molecule has 1 aromatic rings. The molecule has 0 bridgehead atoms. The van der Waals surface area contributed by atoms with Crippen LogP contribution in [0.1, 0.15) is 43.0 Å². The molecular weight excluding hydrogens is 318 g/mol. The van der Waals surface area contributed by atoms with Gasteiger partial charge in [-0.3, -0.25) is 5.32 Å². The highest BCUT2D eigenvalue weighted by Crippen LogP contribution is 2.21. The number of carboxylic acid groups (broad SMARTS) is 1. The summed E-state index contributed by atoms with van der Waals surface area (Å²) in [7, 11) is 0. The van der Waals surface area contributed by atoms with Crippen molar-refractivity contribution in [2.75, 3.05) is 23.4 Å². The summed E-state index contributed by atoms with van der Waals surface area (Å²) in [6, 6.07) is 3.80. The fourth-order valence-corrected chi connectivity index (χ4v) is 2.68. The third-order valence-corrected chi connectivity index (χ3v) is 4.11. The van der Waals surface area contributed by atoms with Gasteiger partial charge in [0.1, 0.15) is 17.9 Å². The van der Waals surface area contributed by atoms with E-state index >= 15 is 0 Å². The van der Waals surface area contributed by atoms with E-state index in [9.17, 15) is 14.7 Å². The normalized spacial score (nSPS) is 10.3. The number of benzene rings is 1. The minimum atomic E-state index is -1.26. The highest BCUT2D eigenvalue weighted by atomic mass is 32.2. The summed E-state index contributed by atoms with van der Waals surface area (Å²) in [6.07, 6.45) is 4.24. The first-order valence-corrected chi connectivity index (χ1v) is 8.78. The van der Waals surface area contributed by atoms with Gasteiger partial charge in [-0.1, -0.05) is 26.2 Å². The Morgan fingerprint density at radius 2 is 2.00 bits per heavy atom. The van der Waals surface area contributed by atoms with Gasteiger partial charge in [0.05, 0.1) is 0 Å². The van der Waals surface area contributed by atoms with Crippen molar-refractivity contribution in [3.05, 3.63) is 23.8 Å². The maximum atomic E-state index is 11.6. The Hall–Kier alpha value is -1.89. The summed E-state index contributed by atoms with van der Waals surface area (Å²) in [5, 5.41) is 20.7. The molecule has 7 heteroatoms. The quantitative estimate of drug-likeness (QED) is 0.440. The van der Waals surface area contributed by atoms with E-state index in [0.29, 0.717) is 6.61 Å². The highest BCUT2D eigenvalue weighted by molar-refractivity contribution is 7.99. The first-order valence-electron chi connectivity index (χ1n) is 7.62. The van der Waals surface area contributed by atoms with Crippen LogP contribution in [0.15, 0.2) is 18.2 Å². The molecular formula is C16H23NO5S. The van der Waals surface area contributed by atoms with Gasteiger partial charge >= 0.3 is 12.1 Å². The number of hydrogen-bond donors (Lipinski definition) is 3. The summed E-state index contributed by atoms with van der Waals surface area (Å²) in [5.41, 5.74) is -0.0112. The Balaban J connectivity index is 2.24. The van der Waals surface area contributed by atoms with Gasteiger partial charge in [0.25, 0.3) is 0 Å². The van der Waals surface area contributed by atoms with E-state index in [4.69, 9.17) is 9.84 Å². The minimum absolute atomic E-state index is 0.261. The van der Waals surface area contributed by atoms with Crippen LogP contribution in [-0.4, -0.2) is 40.4 Å². The molecule has 23 heavy (non-hydrogen) atoms. The number of thioether (sulfide) groups is 1. The Morgan fingerprint density at radius 1 is 1.22 bits per heavy atom. The van der Waals surface area contributed by atoms with E-state index in [2.05, 4.69) is 12.2 Å². The number of unbranched alkanes of at least 4 members (excludes halogenated alkanes) is 3. The number of ether oxygens (including phenoxy) is 1. The molecule has 6 nitrogen and oxygen atoms in total. The van der Waals surface area contributed by atoms with E-state index in [0.717, 1.165) is 11.5 Å². The largest absolute Gasteiger partial charge is 0.507 e. The molecule has 0 unspecified atom stereocenters. The Kier molecular flexibility index (Phi) is 8.97. The highest BCUT2D eigenvalue weighted by Gasteiger charge is 2.11. The van der Waals surface area contributed by atoms with Crippen LogP contribution < -0.4 is 5.32 Å². The van der Waals surface area contributed by atoms with Crippen LogP contribution in [0.3, 0.4) is 0 Å². The molecule has 0 saturated carbocycles.